The number of hydrogen-bond acceptors (Lipinski definition) is 7. The monoisotopic (exact) mass is 406 g/mol. The van der Waals surface area contributed by atoms with E-state index in [1.54, 1.807) is 18.5 Å². The van der Waals surface area contributed by atoms with Gasteiger partial charge in [-0.05, 0) is 28.1 Å². The number of non-ortho nitro benzene ring substituents is 1. The molecular formula is C16H19BrN6O2. The fraction of sp³-hybridized carbons (Fsp3) is 0.375. The molecule has 1 fully saturated rings. The average Bonchev–Trinajstić information content (AvgIpc) is 2.64. The van der Waals surface area contributed by atoms with Crippen LogP contribution in [0.1, 0.15) is 0 Å². The van der Waals surface area contributed by atoms with Crippen LogP contribution in [0.5, 0.6) is 0 Å². The van der Waals surface area contributed by atoms with Crippen molar-refractivity contribution in [3.05, 3.63) is 51.2 Å². The van der Waals surface area contributed by atoms with Crippen LogP contribution in [0.3, 0.4) is 0 Å². The molecule has 3 rings (SSSR count). The summed E-state index contributed by atoms with van der Waals surface area (Å²) in [4.78, 5) is 23.5. The summed E-state index contributed by atoms with van der Waals surface area (Å²) in [5.74, 6) is 0.787. The van der Waals surface area contributed by atoms with Gasteiger partial charge in [0.25, 0.3) is 5.69 Å². The highest BCUT2D eigenvalue weighted by molar-refractivity contribution is 9.10. The molecule has 8 nitrogen and oxygen atoms in total. The van der Waals surface area contributed by atoms with E-state index in [0.29, 0.717) is 4.47 Å². The summed E-state index contributed by atoms with van der Waals surface area (Å²) in [6, 6.07) is 6.57. The van der Waals surface area contributed by atoms with Crippen molar-refractivity contribution in [1.82, 2.24) is 14.9 Å². The van der Waals surface area contributed by atoms with Crippen LogP contribution in [-0.2, 0) is 0 Å². The molecule has 0 amide bonds. The van der Waals surface area contributed by atoms with Gasteiger partial charge in [0.15, 0.2) is 0 Å². The zero-order valence-corrected chi connectivity index (χ0v) is 15.2. The van der Waals surface area contributed by atoms with Crippen molar-refractivity contribution in [3.8, 4) is 0 Å². The van der Waals surface area contributed by atoms with Gasteiger partial charge in [-0.2, -0.15) is 0 Å². The Hall–Kier alpha value is -2.26. The second-order valence-electron chi connectivity index (χ2n) is 5.73. The molecule has 0 bridgehead atoms. The number of piperazine rings is 1. The van der Waals surface area contributed by atoms with E-state index in [1.807, 2.05) is 6.07 Å². The molecule has 0 saturated carbocycles. The van der Waals surface area contributed by atoms with E-state index in [9.17, 15) is 10.1 Å². The third kappa shape index (κ3) is 4.64. The Kier molecular flexibility index (Phi) is 5.77. The molecule has 9 heteroatoms. The predicted molar refractivity (Wildman–Crippen MR) is 100.0 cm³/mol. The number of nitro benzene ring substituents is 1. The molecule has 25 heavy (non-hydrogen) atoms. The average molecular weight is 407 g/mol. The fourth-order valence-corrected chi connectivity index (χ4v) is 3.24. The van der Waals surface area contributed by atoms with Crippen molar-refractivity contribution in [2.24, 2.45) is 0 Å². The molecule has 1 aliphatic rings. The SMILES string of the molecule is O=[N+]([O-])c1ccc(NCCN2CCN(c3ncccn3)CC2)c(Br)c1. The molecule has 2 aromatic rings. The topological polar surface area (TPSA) is 87.4 Å². The highest BCUT2D eigenvalue weighted by Gasteiger charge is 2.18. The number of benzene rings is 1. The second kappa shape index (κ2) is 8.21. The molecular weight excluding hydrogens is 388 g/mol. The van der Waals surface area contributed by atoms with Crippen molar-refractivity contribution in [2.75, 3.05) is 49.5 Å². The Balaban J connectivity index is 1.44. The molecule has 132 valence electrons. The van der Waals surface area contributed by atoms with Gasteiger partial charge < -0.3 is 10.2 Å². The lowest BCUT2D eigenvalue weighted by atomic mass is 10.3. The van der Waals surface area contributed by atoms with Crippen LogP contribution in [0.15, 0.2) is 41.1 Å². The first-order valence-corrected chi connectivity index (χ1v) is 8.85. The second-order valence-corrected chi connectivity index (χ2v) is 6.58. The third-order valence-corrected chi connectivity index (χ3v) is 4.77. The van der Waals surface area contributed by atoms with E-state index in [2.05, 4.69) is 41.0 Å². The highest BCUT2D eigenvalue weighted by Crippen LogP contribution is 2.26. The minimum Gasteiger partial charge on any atom is -0.383 e. The van der Waals surface area contributed by atoms with Gasteiger partial charge >= 0.3 is 0 Å². The first kappa shape index (κ1) is 17.6. The minimum atomic E-state index is -0.398. The van der Waals surface area contributed by atoms with Crippen LogP contribution in [0.25, 0.3) is 0 Å². The Morgan fingerprint density at radius 3 is 2.56 bits per heavy atom. The molecule has 0 radical (unpaired) electrons. The highest BCUT2D eigenvalue weighted by atomic mass is 79.9. The summed E-state index contributed by atoms with van der Waals surface area (Å²) < 4.78 is 0.702. The smallest absolute Gasteiger partial charge is 0.270 e. The summed E-state index contributed by atoms with van der Waals surface area (Å²) >= 11 is 3.37. The fourth-order valence-electron chi connectivity index (χ4n) is 2.74. The lowest BCUT2D eigenvalue weighted by Gasteiger charge is -2.34. The third-order valence-electron chi connectivity index (χ3n) is 4.11. The van der Waals surface area contributed by atoms with E-state index < -0.39 is 4.92 Å². The zero-order valence-electron chi connectivity index (χ0n) is 13.6. The van der Waals surface area contributed by atoms with Crippen LogP contribution < -0.4 is 10.2 Å². The Morgan fingerprint density at radius 2 is 1.92 bits per heavy atom. The number of halogens is 1. The Bertz CT molecular complexity index is 722. The Labute approximate surface area is 154 Å². The van der Waals surface area contributed by atoms with Gasteiger partial charge in [0.05, 0.1) is 4.92 Å². The van der Waals surface area contributed by atoms with Gasteiger partial charge in [-0.15, -0.1) is 0 Å². The molecule has 0 atom stereocenters. The molecule has 1 aromatic carbocycles. The minimum absolute atomic E-state index is 0.0803. The van der Waals surface area contributed by atoms with Gasteiger partial charge in [-0.25, -0.2) is 9.97 Å². The van der Waals surface area contributed by atoms with E-state index in [-0.39, 0.29) is 5.69 Å². The normalized spacial score (nSPS) is 15.2. The number of nitrogens with one attached hydrogen (secondary N) is 1. The zero-order chi connectivity index (χ0) is 17.6. The number of nitrogens with zero attached hydrogens (tertiary/aromatic N) is 5. The van der Waals surface area contributed by atoms with Crippen LogP contribution in [-0.4, -0.2) is 59.1 Å². The largest absolute Gasteiger partial charge is 0.383 e. The van der Waals surface area contributed by atoms with Crippen LogP contribution in [0, 0.1) is 10.1 Å². The van der Waals surface area contributed by atoms with Crippen molar-refractivity contribution in [3.63, 3.8) is 0 Å². The van der Waals surface area contributed by atoms with Crippen LogP contribution in [0.4, 0.5) is 17.3 Å². The lowest BCUT2D eigenvalue weighted by Crippen LogP contribution is -2.48. The van der Waals surface area contributed by atoms with E-state index in [0.717, 1.165) is 50.9 Å². The van der Waals surface area contributed by atoms with Crippen molar-refractivity contribution < 1.29 is 4.92 Å². The molecule has 1 saturated heterocycles. The van der Waals surface area contributed by atoms with Gasteiger partial charge in [0.1, 0.15) is 0 Å². The quantitative estimate of drug-likeness (QED) is 0.581. The van der Waals surface area contributed by atoms with Crippen molar-refractivity contribution >= 4 is 33.3 Å². The molecule has 1 N–H and O–H groups in total. The summed E-state index contributed by atoms with van der Waals surface area (Å²) in [5, 5.41) is 14.1. The van der Waals surface area contributed by atoms with E-state index in [1.165, 1.54) is 12.1 Å². The molecule has 0 aliphatic carbocycles. The maximum absolute atomic E-state index is 10.8. The lowest BCUT2D eigenvalue weighted by molar-refractivity contribution is -0.384. The number of aromatic nitrogens is 2. The van der Waals surface area contributed by atoms with Gasteiger partial charge in [0, 0.05) is 74.0 Å². The van der Waals surface area contributed by atoms with Crippen molar-refractivity contribution in [1.29, 1.82) is 0 Å². The molecule has 0 spiro atoms. The number of nitro groups is 1. The summed E-state index contributed by atoms with van der Waals surface area (Å²) in [7, 11) is 0. The molecule has 2 heterocycles. The van der Waals surface area contributed by atoms with E-state index in [4.69, 9.17) is 0 Å². The van der Waals surface area contributed by atoms with Gasteiger partial charge in [0.2, 0.25) is 5.95 Å². The van der Waals surface area contributed by atoms with Crippen LogP contribution in [0.2, 0.25) is 0 Å². The number of rotatable bonds is 6. The standard InChI is InChI=1S/C16H19BrN6O2/c17-14-12-13(23(24)25)2-3-15(14)18-6-7-21-8-10-22(11-9-21)16-19-4-1-5-20-16/h1-5,12,18H,6-11H2. The van der Waals surface area contributed by atoms with E-state index >= 15 is 0 Å². The molecule has 1 aliphatic heterocycles. The molecule has 0 unspecified atom stereocenters. The van der Waals surface area contributed by atoms with Gasteiger partial charge in [-0.3, -0.25) is 15.0 Å². The van der Waals surface area contributed by atoms with Gasteiger partial charge in [-0.1, -0.05) is 0 Å². The van der Waals surface area contributed by atoms with Crippen LogP contribution >= 0.6 is 15.9 Å². The summed E-state index contributed by atoms with van der Waals surface area (Å²) in [5.41, 5.74) is 0.943. The number of anilines is 2. The predicted octanol–water partition coefficient (Wildman–Crippen LogP) is 2.38. The van der Waals surface area contributed by atoms with Crippen molar-refractivity contribution in [2.45, 2.75) is 0 Å². The molecule has 1 aromatic heterocycles. The first-order chi connectivity index (χ1) is 12.1. The summed E-state index contributed by atoms with van der Waals surface area (Å²) in [6.07, 6.45) is 3.53. The number of hydrogen-bond donors (Lipinski definition) is 1. The first-order valence-electron chi connectivity index (χ1n) is 8.05. The Morgan fingerprint density at radius 1 is 1.20 bits per heavy atom. The maximum atomic E-state index is 10.8. The maximum Gasteiger partial charge on any atom is 0.270 e. The summed E-state index contributed by atoms with van der Waals surface area (Å²) in [6.45, 7) is 5.42.